The van der Waals surface area contributed by atoms with E-state index in [-0.39, 0.29) is 0 Å². The molecule has 0 aromatic rings. The van der Waals surface area contributed by atoms with E-state index in [0.29, 0.717) is 5.54 Å². The van der Waals surface area contributed by atoms with Crippen molar-refractivity contribution in [3.05, 3.63) is 0 Å². The van der Waals surface area contributed by atoms with E-state index in [2.05, 4.69) is 24.1 Å². The van der Waals surface area contributed by atoms with Gasteiger partial charge in [0.25, 0.3) is 0 Å². The van der Waals surface area contributed by atoms with Gasteiger partial charge in [-0.3, -0.25) is 4.90 Å². The first-order chi connectivity index (χ1) is 9.24. The van der Waals surface area contributed by atoms with Gasteiger partial charge in [0.15, 0.2) is 0 Å². The molecule has 2 aliphatic carbocycles. The summed E-state index contributed by atoms with van der Waals surface area (Å²) in [6.45, 7) is 7.44. The molecular formula is C17H32N2. The molecule has 3 aliphatic rings. The Labute approximate surface area is 119 Å². The predicted molar refractivity (Wildman–Crippen MR) is 81.4 cm³/mol. The molecular weight excluding hydrogens is 232 g/mol. The summed E-state index contributed by atoms with van der Waals surface area (Å²) >= 11 is 0. The maximum absolute atomic E-state index is 3.94. The summed E-state index contributed by atoms with van der Waals surface area (Å²) in [7, 11) is 0. The van der Waals surface area contributed by atoms with Crippen LogP contribution in [0.2, 0.25) is 0 Å². The second kappa shape index (κ2) is 5.73. The molecule has 2 heteroatoms. The largest absolute Gasteiger partial charge is 0.308 e. The molecule has 0 aromatic carbocycles. The minimum absolute atomic E-state index is 0.489. The van der Waals surface area contributed by atoms with E-state index in [1.54, 1.807) is 0 Å². The lowest BCUT2D eigenvalue weighted by molar-refractivity contribution is 0.00624. The quantitative estimate of drug-likeness (QED) is 0.820. The highest BCUT2D eigenvalue weighted by molar-refractivity contribution is 5.03. The molecule has 3 fully saturated rings. The van der Waals surface area contributed by atoms with Crippen molar-refractivity contribution in [1.82, 2.24) is 10.2 Å². The minimum Gasteiger partial charge on any atom is -0.308 e. The Morgan fingerprint density at radius 3 is 2.53 bits per heavy atom. The molecule has 0 amide bonds. The zero-order valence-electron chi connectivity index (χ0n) is 13.0. The van der Waals surface area contributed by atoms with Crippen molar-refractivity contribution in [2.24, 2.45) is 5.92 Å². The summed E-state index contributed by atoms with van der Waals surface area (Å²) in [6.07, 6.45) is 12.9. The molecule has 0 bridgehead atoms. The van der Waals surface area contributed by atoms with Crippen LogP contribution in [0.5, 0.6) is 0 Å². The van der Waals surface area contributed by atoms with E-state index in [1.165, 1.54) is 70.9 Å². The molecule has 3 atom stereocenters. The molecule has 1 heterocycles. The van der Waals surface area contributed by atoms with Gasteiger partial charge in [-0.2, -0.15) is 0 Å². The number of nitrogens with zero attached hydrogens (tertiary/aromatic N) is 1. The van der Waals surface area contributed by atoms with Gasteiger partial charge in [0, 0.05) is 30.7 Å². The summed E-state index contributed by atoms with van der Waals surface area (Å²) in [4.78, 5) is 2.94. The molecule has 110 valence electrons. The van der Waals surface area contributed by atoms with Crippen LogP contribution < -0.4 is 5.32 Å². The fourth-order valence-corrected chi connectivity index (χ4v) is 4.93. The maximum atomic E-state index is 3.94. The van der Waals surface area contributed by atoms with Crippen LogP contribution in [-0.4, -0.2) is 35.6 Å². The third-order valence-electron chi connectivity index (χ3n) is 6.19. The SMILES string of the molecule is CCC1CNC2(CCCC2)CN1C1CCCCC1C. The van der Waals surface area contributed by atoms with Gasteiger partial charge in [-0.15, -0.1) is 0 Å². The molecule has 1 aliphatic heterocycles. The molecule has 1 saturated heterocycles. The van der Waals surface area contributed by atoms with Crippen LogP contribution >= 0.6 is 0 Å². The van der Waals surface area contributed by atoms with Crippen LogP contribution in [0, 0.1) is 5.92 Å². The normalized spacial score (nSPS) is 39.8. The van der Waals surface area contributed by atoms with Crippen molar-refractivity contribution in [1.29, 1.82) is 0 Å². The monoisotopic (exact) mass is 264 g/mol. The maximum Gasteiger partial charge on any atom is 0.0309 e. The standard InChI is InChI=1S/C17H32N2/c1-3-15-12-18-17(10-6-7-11-17)13-19(15)16-9-5-4-8-14(16)2/h14-16,18H,3-13H2,1-2H3. The average Bonchev–Trinajstić information content (AvgIpc) is 2.88. The lowest BCUT2D eigenvalue weighted by Crippen LogP contribution is -2.66. The number of hydrogen-bond acceptors (Lipinski definition) is 2. The van der Waals surface area contributed by atoms with E-state index in [4.69, 9.17) is 0 Å². The minimum atomic E-state index is 0.489. The number of nitrogens with one attached hydrogen (secondary N) is 1. The Morgan fingerprint density at radius 1 is 1.11 bits per heavy atom. The van der Waals surface area contributed by atoms with Crippen molar-refractivity contribution < 1.29 is 0 Å². The second-order valence-corrected chi connectivity index (χ2v) is 7.43. The fourth-order valence-electron chi connectivity index (χ4n) is 4.93. The molecule has 0 radical (unpaired) electrons. The third-order valence-corrected chi connectivity index (χ3v) is 6.19. The van der Waals surface area contributed by atoms with Gasteiger partial charge in [-0.25, -0.2) is 0 Å². The van der Waals surface area contributed by atoms with E-state index in [0.717, 1.165) is 18.0 Å². The van der Waals surface area contributed by atoms with Crippen molar-refractivity contribution in [2.45, 2.75) is 89.3 Å². The Kier molecular flexibility index (Phi) is 4.19. The van der Waals surface area contributed by atoms with Gasteiger partial charge in [-0.05, 0) is 38.0 Å². The van der Waals surface area contributed by atoms with Crippen molar-refractivity contribution in [3.8, 4) is 0 Å². The molecule has 3 rings (SSSR count). The van der Waals surface area contributed by atoms with Crippen LogP contribution in [0.1, 0.15) is 71.6 Å². The van der Waals surface area contributed by atoms with E-state index in [1.807, 2.05) is 0 Å². The average molecular weight is 264 g/mol. The summed E-state index contributed by atoms with van der Waals surface area (Å²) in [5, 5.41) is 3.94. The van der Waals surface area contributed by atoms with Crippen LogP contribution in [0.15, 0.2) is 0 Å². The predicted octanol–water partition coefficient (Wildman–Crippen LogP) is 3.56. The topological polar surface area (TPSA) is 15.3 Å². The molecule has 2 nitrogen and oxygen atoms in total. The summed E-state index contributed by atoms with van der Waals surface area (Å²) in [5.41, 5.74) is 0.489. The lowest BCUT2D eigenvalue weighted by atomic mass is 9.81. The summed E-state index contributed by atoms with van der Waals surface area (Å²) < 4.78 is 0. The van der Waals surface area contributed by atoms with Gasteiger partial charge in [0.1, 0.15) is 0 Å². The Hall–Kier alpha value is -0.0800. The zero-order chi connectivity index (χ0) is 13.3. The molecule has 2 saturated carbocycles. The zero-order valence-corrected chi connectivity index (χ0v) is 13.0. The van der Waals surface area contributed by atoms with E-state index >= 15 is 0 Å². The Bertz CT molecular complexity index is 296. The number of piperazine rings is 1. The first-order valence-electron chi connectivity index (χ1n) is 8.75. The summed E-state index contributed by atoms with van der Waals surface area (Å²) in [6, 6.07) is 1.66. The van der Waals surface area contributed by atoms with Crippen molar-refractivity contribution in [2.75, 3.05) is 13.1 Å². The molecule has 19 heavy (non-hydrogen) atoms. The highest BCUT2D eigenvalue weighted by Crippen LogP contribution is 2.37. The third kappa shape index (κ3) is 2.71. The van der Waals surface area contributed by atoms with E-state index < -0.39 is 0 Å². The first-order valence-corrected chi connectivity index (χ1v) is 8.75. The summed E-state index contributed by atoms with van der Waals surface area (Å²) in [5.74, 6) is 0.916. The molecule has 3 unspecified atom stereocenters. The number of rotatable bonds is 2. The fraction of sp³-hybridized carbons (Fsp3) is 1.00. The van der Waals surface area contributed by atoms with Gasteiger partial charge in [-0.1, -0.05) is 39.5 Å². The van der Waals surface area contributed by atoms with Gasteiger partial charge < -0.3 is 5.32 Å². The van der Waals surface area contributed by atoms with Gasteiger partial charge in [0.05, 0.1) is 0 Å². The number of hydrogen-bond donors (Lipinski definition) is 1. The second-order valence-electron chi connectivity index (χ2n) is 7.43. The van der Waals surface area contributed by atoms with E-state index in [9.17, 15) is 0 Å². The molecule has 0 aromatic heterocycles. The van der Waals surface area contributed by atoms with Crippen LogP contribution in [0.25, 0.3) is 0 Å². The smallest absolute Gasteiger partial charge is 0.0309 e. The van der Waals surface area contributed by atoms with Crippen LogP contribution in [0.3, 0.4) is 0 Å². The van der Waals surface area contributed by atoms with Gasteiger partial charge >= 0.3 is 0 Å². The Morgan fingerprint density at radius 2 is 1.84 bits per heavy atom. The highest BCUT2D eigenvalue weighted by atomic mass is 15.3. The molecule has 1 N–H and O–H groups in total. The lowest BCUT2D eigenvalue weighted by Gasteiger charge is -2.51. The van der Waals surface area contributed by atoms with Crippen molar-refractivity contribution >= 4 is 0 Å². The molecule has 1 spiro atoms. The van der Waals surface area contributed by atoms with Crippen LogP contribution in [-0.2, 0) is 0 Å². The Balaban J connectivity index is 1.74. The van der Waals surface area contributed by atoms with Crippen LogP contribution in [0.4, 0.5) is 0 Å². The first kappa shape index (κ1) is 13.9. The highest BCUT2D eigenvalue weighted by Gasteiger charge is 2.43. The van der Waals surface area contributed by atoms with Crippen molar-refractivity contribution in [3.63, 3.8) is 0 Å². The van der Waals surface area contributed by atoms with Gasteiger partial charge in [0.2, 0.25) is 0 Å².